The van der Waals surface area contributed by atoms with Crippen molar-refractivity contribution in [2.24, 2.45) is 0 Å². The SMILES string of the molecule is CCCCC/C=C\C/C=C\C/C=C\C/C=C\CCCC(=O)O[C@H](COC(=O)CCCCCCC/C=C\CCCCCCCC)COP(=O)(O)OC[C@@H](O)COP(=O)(O)OC[C@@H](COC(=O)CCCCCCCCCCCCCCCCCCC)OC(=O)CCCCCCC/C=C\C/C=C\CCCCC. The van der Waals surface area contributed by atoms with Gasteiger partial charge in [0, 0.05) is 25.7 Å². The molecule has 604 valence electrons. The van der Waals surface area contributed by atoms with Crippen LogP contribution in [0.25, 0.3) is 0 Å². The molecule has 3 N–H and O–H groups in total. The van der Waals surface area contributed by atoms with Crippen molar-refractivity contribution >= 4 is 39.5 Å². The monoisotopic (exact) mass is 1510 g/mol. The van der Waals surface area contributed by atoms with Crippen LogP contribution in [0.2, 0.25) is 0 Å². The maximum Gasteiger partial charge on any atom is 0.472 e. The smallest absolute Gasteiger partial charge is 0.462 e. The van der Waals surface area contributed by atoms with E-state index in [9.17, 15) is 43.2 Å². The lowest BCUT2D eigenvalue weighted by Crippen LogP contribution is -2.30. The Labute approximate surface area is 634 Å². The van der Waals surface area contributed by atoms with Gasteiger partial charge in [-0.2, -0.15) is 0 Å². The third-order valence-corrected chi connectivity index (χ3v) is 19.7. The summed E-state index contributed by atoms with van der Waals surface area (Å²) in [6.07, 6.45) is 81.3. The molecule has 5 atom stereocenters. The van der Waals surface area contributed by atoms with Gasteiger partial charge in [0.25, 0.3) is 0 Å². The summed E-state index contributed by atoms with van der Waals surface area (Å²) in [7, 11) is -9.98. The molecule has 0 aromatic rings. The molecule has 0 saturated carbocycles. The summed E-state index contributed by atoms with van der Waals surface area (Å²) in [6.45, 7) is 4.80. The number of hydrogen-bond acceptors (Lipinski definition) is 15. The first-order valence-corrected chi connectivity index (χ1v) is 44.8. The van der Waals surface area contributed by atoms with E-state index in [2.05, 4.69) is 101 Å². The Hall–Kier alpha value is -3.76. The highest BCUT2D eigenvalue weighted by molar-refractivity contribution is 7.47. The van der Waals surface area contributed by atoms with Gasteiger partial charge in [0.05, 0.1) is 26.4 Å². The summed E-state index contributed by atoms with van der Waals surface area (Å²) in [6, 6.07) is 0. The number of unbranched alkanes of at least 4 members (excludes halogenated alkanes) is 39. The van der Waals surface area contributed by atoms with Gasteiger partial charge >= 0.3 is 39.5 Å². The van der Waals surface area contributed by atoms with E-state index in [1.165, 1.54) is 161 Å². The molecule has 0 bridgehead atoms. The highest BCUT2D eigenvalue weighted by Crippen LogP contribution is 2.45. The van der Waals surface area contributed by atoms with Gasteiger partial charge in [0.2, 0.25) is 0 Å². The first-order chi connectivity index (χ1) is 50.7. The number of phosphoric ester groups is 2. The zero-order valence-electron chi connectivity index (χ0n) is 66.2. The number of carbonyl (C=O) groups excluding carboxylic acids is 4. The molecule has 0 heterocycles. The van der Waals surface area contributed by atoms with Crippen molar-refractivity contribution in [1.82, 2.24) is 0 Å². The van der Waals surface area contributed by atoms with Crippen LogP contribution < -0.4 is 0 Å². The maximum absolute atomic E-state index is 13.1. The number of hydrogen-bond donors (Lipinski definition) is 3. The summed E-state index contributed by atoms with van der Waals surface area (Å²) < 4.78 is 68.7. The van der Waals surface area contributed by atoms with Crippen LogP contribution in [0.3, 0.4) is 0 Å². The Morgan fingerprint density at radius 3 is 0.788 bits per heavy atom. The van der Waals surface area contributed by atoms with Crippen molar-refractivity contribution in [2.75, 3.05) is 39.6 Å². The minimum atomic E-state index is -4.99. The molecule has 0 aromatic carbocycles. The number of ether oxygens (including phenoxy) is 4. The van der Waals surface area contributed by atoms with Crippen LogP contribution in [0.5, 0.6) is 0 Å². The Balaban J connectivity index is 5.40. The third-order valence-electron chi connectivity index (χ3n) is 17.8. The molecule has 17 nitrogen and oxygen atoms in total. The second kappa shape index (κ2) is 77.4. The van der Waals surface area contributed by atoms with Gasteiger partial charge in [-0.3, -0.25) is 37.3 Å². The summed E-state index contributed by atoms with van der Waals surface area (Å²) in [5.41, 5.74) is 0. The highest BCUT2D eigenvalue weighted by Gasteiger charge is 2.30. The predicted octanol–water partition coefficient (Wildman–Crippen LogP) is 24.6. The summed E-state index contributed by atoms with van der Waals surface area (Å²) >= 11 is 0. The minimum absolute atomic E-state index is 0.0190. The fourth-order valence-electron chi connectivity index (χ4n) is 11.4. The van der Waals surface area contributed by atoms with Crippen molar-refractivity contribution in [3.8, 4) is 0 Å². The van der Waals surface area contributed by atoms with Crippen molar-refractivity contribution in [3.63, 3.8) is 0 Å². The molecule has 19 heteroatoms. The number of aliphatic hydroxyl groups is 1. The molecule has 0 fully saturated rings. The molecule has 0 rings (SSSR count). The van der Waals surface area contributed by atoms with E-state index in [4.69, 9.17) is 37.0 Å². The molecule has 0 amide bonds. The third kappa shape index (κ3) is 76.4. The van der Waals surface area contributed by atoms with E-state index in [0.717, 1.165) is 128 Å². The molecule has 0 saturated heterocycles. The second-order valence-corrected chi connectivity index (χ2v) is 31.0. The predicted molar refractivity (Wildman–Crippen MR) is 427 cm³/mol. The first kappa shape index (κ1) is 100. The Bertz CT molecular complexity index is 2300. The Kier molecular flexibility index (Phi) is 74.6. The minimum Gasteiger partial charge on any atom is -0.462 e. The van der Waals surface area contributed by atoms with Crippen LogP contribution in [0.15, 0.2) is 85.1 Å². The van der Waals surface area contributed by atoms with Crippen molar-refractivity contribution in [1.29, 1.82) is 0 Å². The standard InChI is InChI=1S/C85H152O17P2/c1-5-9-13-17-21-25-29-33-37-39-43-46-50-54-58-62-66-70-83(88)96-76-80(101-84(89)71-67-63-59-55-51-47-42-36-32-28-24-20-16-12-8-4)77-99-103(91,92)97-73-79(86)74-98-104(93,94)100-78-81(75-95-82(87)69-65-61-57-53-49-45-41-35-31-27-23-19-15-11-7-3)102-85(90)72-68-64-60-56-52-48-44-40-38-34-30-26-22-18-14-10-6-2/h22,24,26,28,34-36,38,41-42,44,48,56,60,79-81,86H,5-21,23,25,27,29-33,37,39-40,43,45-47,49-55,57-59,61-78H2,1-4H3,(H,91,92)(H,93,94)/b26-22-,28-24-,38-34-,41-35-,42-36-,48-44-,60-56-/t79-,80+,81+/m0/s1. The van der Waals surface area contributed by atoms with Crippen LogP contribution in [-0.4, -0.2) is 96.7 Å². The molecule has 0 aliphatic heterocycles. The highest BCUT2D eigenvalue weighted by atomic mass is 31.2. The quantitative estimate of drug-likeness (QED) is 0.0169. The van der Waals surface area contributed by atoms with E-state index >= 15 is 0 Å². The fraction of sp³-hybridized carbons (Fsp3) is 0.788. The van der Waals surface area contributed by atoms with Gasteiger partial charge < -0.3 is 33.8 Å². The summed E-state index contributed by atoms with van der Waals surface area (Å²) in [5.74, 6) is -2.24. The van der Waals surface area contributed by atoms with E-state index in [1.54, 1.807) is 0 Å². The zero-order valence-corrected chi connectivity index (χ0v) is 68.0. The van der Waals surface area contributed by atoms with Gasteiger partial charge in [-0.15, -0.1) is 0 Å². The van der Waals surface area contributed by atoms with Crippen LogP contribution in [0.1, 0.15) is 374 Å². The lowest BCUT2D eigenvalue weighted by atomic mass is 10.0. The average Bonchev–Trinajstić information content (AvgIpc) is 1.07. The van der Waals surface area contributed by atoms with Crippen LogP contribution in [0.4, 0.5) is 0 Å². The molecule has 2 unspecified atom stereocenters. The van der Waals surface area contributed by atoms with Gasteiger partial charge in [0.1, 0.15) is 19.3 Å². The van der Waals surface area contributed by atoms with Crippen molar-refractivity contribution in [3.05, 3.63) is 85.1 Å². The number of allylic oxidation sites excluding steroid dienone is 14. The van der Waals surface area contributed by atoms with Gasteiger partial charge in [-0.1, -0.05) is 312 Å². The normalized spacial score (nSPS) is 14.3. The van der Waals surface area contributed by atoms with E-state index < -0.39 is 97.5 Å². The number of carbonyl (C=O) groups is 4. The van der Waals surface area contributed by atoms with Crippen molar-refractivity contribution < 1.29 is 80.2 Å². The Morgan fingerprint density at radius 1 is 0.269 bits per heavy atom. The van der Waals surface area contributed by atoms with E-state index in [1.807, 2.05) is 12.2 Å². The molecule has 0 aliphatic rings. The summed E-state index contributed by atoms with van der Waals surface area (Å²) in [4.78, 5) is 73.1. The lowest BCUT2D eigenvalue weighted by molar-refractivity contribution is -0.161. The van der Waals surface area contributed by atoms with Gasteiger partial charge in [0.15, 0.2) is 12.2 Å². The zero-order chi connectivity index (χ0) is 76.0. The maximum atomic E-state index is 13.1. The summed E-state index contributed by atoms with van der Waals surface area (Å²) in [5, 5.41) is 10.7. The molecule has 0 radical (unpaired) electrons. The first-order valence-electron chi connectivity index (χ1n) is 41.8. The van der Waals surface area contributed by atoms with Gasteiger partial charge in [-0.05, 0) is 122 Å². The molecule has 0 aromatic heterocycles. The van der Waals surface area contributed by atoms with Crippen molar-refractivity contribution in [2.45, 2.75) is 393 Å². The number of rotatable bonds is 79. The molecular formula is C85H152O17P2. The topological polar surface area (TPSA) is 237 Å². The molecule has 0 spiro atoms. The number of phosphoric acid groups is 2. The Morgan fingerprint density at radius 2 is 0.481 bits per heavy atom. The molecular weight excluding hydrogens is 1350 g/mol. The van der Waals surface area contributed by atoms with Crippen LogP contribution in [-0.2, 0) is 65.4 Å². The fourth-order valence-corrected chi connectivity index (χ4v) is 13.0. The number of aliphatic hydroxyl groups excluding tert-OH is 1. The average molecular weight is 1510 g/mol. The molecule has 0 aliphatic carbocycles. The van der Waals surface area contributed by atoms with Gasteiger partial charge in [-0.25, -0.2) is 9.13 Å². The lowest BCUT2D eigenvalue weighted by Gasteiger charge is -2.21. The van der Waals surface area contributed by atoms with Crippen LogP contribution in [0, 0.1) is 0 Å². The molecule has 104 heavy (non-hydrogen) atoms. The van der Waals surface area contributed by atoms with E-state index in [0.29, 0.717) is 32.1 Å². The van der Waals surface area contributed by atoms with E-state index in [-0.39, 0.29) is 25.7 Å². The largest absolute Gasteiger partial charge is 0.472 e. The van der Waals surface area contributed by atoms with Crippen LogP contribution >= 0.6 is 15.6 Å². The second-order valence-electron chi connectivity index (χ2n) is 28.1. The number of esters is 4.